The van der Waals surface area contributed by atoms with Gasteiger partial charge in [0.2, 0.25) is 5.88 Å². The second-order valence-corrected chi connectivity index (χ2v) is 7.58. The minimum atomic E-state index is 0.110. The van der Waals surface area contributed by atoms with Crippen LogP contribution in [0.2, 0.25) is 0 Å². The molecular weight excluding hydrogens is 380 g/mol. The number of nitrogens with one attached hydrogen (secondary N) is 1. The summed E-state index contributed by atoms with van der Waals surface area (Å²) < 4.78 is 17.6. The summed E-state index contributed by atoms with van der Waals surface area (Å²) in [5.74, 6) is 1.50. The summed E-state index contributed by atoms with van der Waals surface area (Å²) in [5, 5.41) is 3.46. The zero-order valence-electron chi connectivity index (χ0n) is 17.5. The van der Waals surface area contributed by atoms with Gasteiger partial charge in [0.1, 0.15) is 12.7 Å². The Morgan fingerprint density at radius 2 is 2.03 bits per heavy atom. The standard InChI is InChI=1S/C23H30N4O3/c1-24-23(27-11-13-29-21(16-27)20-8-5-12-28-20)26-15-19-9-10-25-22(14-19)30-17-18-6-3-2-4-7-18/h2-4,6-7,9-10,14,20-21H,5,8,11-13,15-17H2,1H3,(H,24,26). The molecule has 0 spiro atoms. The van der Waals surface area contributed by atoms with Gasteiger partial charge in [-0.05, 0) is 30.0 Å². The zero-order chi connectivity index (χ0) is 20.6. The maximum absolute atomic E-state index is 5.95. The van der Waals surface area contributed by atoms with Crippen molar-refractivity contribution >= 4 is 5.96 Å². The molecule has 7 heteroatoms. The largest absolute Gasteiger partial charge is 0.473 e. The lowest BCUT2D eigenvalue weighted by Crippen LogP contribution is -2.53. The first-order chi connectivity index (χ1) is 14.8. The highest BCUT2D eigenvalue weighted by Gasteiger charge is 2.32. The van der Waals surface area contributed by atoms with Crippen molar-refractivity contribution in [2.75, 3.05) is 33.4 Å². The quantitative estimate of drug-likeness (QED) is 0.583. The zero-order valence-corrected chi connectivity index (χ0v) is 17.5. The highest BCUT2D eigenvalue weighted by molar-refractivity contribution is 5.80. The van der Waals surface area contributed by atoms with Crippen molar-refractivity contribution in [3.63, 3.8) is 0 Å². The molecule has 30 heavy (non-hydrogen) atoms. The van der Waals surface area contributed by atoms with Gasteiger partial charge < -0.3 is 24.4 Å². The predicted molar refractivity (Wildman–Crippen MR) is 115 cm³/mol. The molecule has 1 N–H and O–H groups in total. The summed E-state index contributed by atoms with van der Waals surface area (Å²) in [6.45, 7) is 4.31. The summed E-state index contributed by atoms with van der Waals surface area (Å²) >= 11 is 0. The monoisotopic (exact) mass is 410 g/mol. The van der Waals surface area contributed by atoms with Crippen molar-refractivity contribution in [1.29, 1.82) is 0 Å². The molecule has 160 valence electrons. The molecule has 4 rings (SSSR count). The lowest BCUT2D eigenvalue weighted by Gasteiger charge is -2.37. The van der Waals surface area contributed by atoms with Gasteiger partial charge in [-0.15, -0.1) is 0 Å². The second-order valence-electron chi connectivity index (χ2n) is 7.58. The van der Waals surface area contributed by atoms with Crippen molar-refractivity contribution in [2.24, 2.45) is 4.99 Å². The molecule has 2 fully saturated rings. The molecule has 1 aromatic heterocycles. The van der Waals surface area contributed by atoms with Crippen LogP contribution in [0.5, 0.6) is 5.88 Å². The molecule has 2 aliphatic rings. The number of aromatic nitrogens is 1. The average molecular weight is 411 g/mol. The Morgan fingerprint density at radius 3 is 2.83 bits per heavy atom. The molecular formula is C23H30N4O3. The van der Waals surface area contributed by atoms with E-state index in [0.717, 1.165) is 49.6 Å². The Balaban J connectivity index is 1.30. The number of hydrogen-bond donors (Lipinski definition) is 1. The maximum Gasteiger partial charge on any atom is 0.213 e. The van der Waals surface area contributed by atoms with Crippen molar-refractivity contribution in [2.45, 2.75) is 38.2 Å². The highest BCUT2D eigenvalue weighted by Crippen LogP contribution is 2.21. The van der Waals surface area contributed by atoms with Crippen LogP contribution in [0.3, 0.4) is 0 Å². The molecule has 0 amide bonds. The fraction of sp³-hybridized carbons (Fsp3) is 0.478. The summed E-state index contributed by atoms with van der Waals surface area (Å²) in [7, 11) is 1.82. The van der Waals surface area contributed by atoms with Crippen LogP contribution >= 0.6 is 0 Å². The number of hydrogen-bond acceptors (Lipinski definition) is 5. The predicted octanol–water partition coefficient (Wildman–Crippen LogP) is 2.62. The van der Waals surface area contributed by atoms with Gasteiger partial charge in [0.15, 0.2) is 5.96 Å². The number of rotatable bonds is 6. The molecule has 3 heterocycles. The number of benzene rings is 1. The summed E-state index contributed by atoms with van der Waals surface area (Å²) in [5.41, 5.74) is 2.22. The summed E-state index contributed by atoms with van der Waals surface area (Å²) in [6, 6.07) is 14.1. The fourth-order valence-electron chi connectivity index (χ4n) is 3.87. The first-order valence-electron chi connectivity index (χ1n) is 10.6. The third-order valence-electron chi connectivity index (χ3n) is 5.46. The topological polar surface area (TPSA) is 68.2 Å². The SMILES string of the molecule is CN=C(NCc1ccnc(OCc2ccccc2)c1)N1CCOC(C2CCCO2)C1. The number of morpholine rings is 1. The van der Waals surface area contributed by atoms with E-state index in [1.165, 1.54) is 0 Å². The minimum absolute atomic E-state index is 0.110. The third-order valence-corrected chi connectivity index (χ3v) is 5.46. The van der Waals surface area contributed by atoms with E-state index in [1.54, 1.807) is 6.20 Å². The van der Waals surface area contributed by atoms with Gasteiger partial charge >= 0.3 is 0 Å². The van der Waals surface area contributed by atoms with Gasteiger partial charge in [0.05, 0.1) is 12.7 Å². The molecule has 2 saturated heterocycles. The third kappa shape index (κ3) is 5.49. The van der Waals surface area contributed by atoms with Gasteiger partial charge in [-0.1, -0.05) is 30.3 Å². The second kappa shape index (κ2) is 10.4. The van der Waals surface area contributed by atoms with Crippen molar-refractivity contribution in [1.82, 2.24) is 15.2 Å². The fourth-order valence-corrected chi connectivity index (χ4v) is 3.87. The summed E-state index contributed by atoms with van der Waals surface area (Å²) in [6.07, 6.45) is 4.29. The van der Waals surface area contributed by atoms with E-state index >= 15 is 0 Å². The molecule has 2 aromatic rings. The molecule has 2 aliphatic heterocycles. The number of aliphatic imine (C=N–C) groups is 1. The van der Waals surface area contributed by atoms with Gasteiger partial charge in [0, 0.05) is 45.6 Å². The Bertz CT molecular complexity index is 824. The molecule has 0 bridgehead atoms. The Hall–Kier alpha value is -2.64. The maximum atomic E-state index is 5.95. The minimum Gasteiger partial charge on any atom is -0.473 e. The lowest BCUT2D eigenvalue weighted by molar-refractivity contribution is -0.0817. The Morgan fingerprint density at radius 1 is 1.17 bits per heavy atom. The smallest absolute Gasteiger partial charge is 0.213 e. The van der Waals surface area contributed by atoms with Crippen LogP contribution in [0.25, 0.3) is 0 Å². The molecule has 2 unspecified atom stereocenters. The van der Waals surface area contributed by atoms with Crippen LogP contribution in [0.1, 0.15) is 24.0 Å². The van der Waals surface area contributed by atoms with Crippen molar-refractivity contribution < 1.29 is 14.2 Å². The first-order valence-corrected chi connectivity index (χ1v) is 10.6. The normalized spacial score (nSPS) is 22.2. The Kier molecular flexibility index (Phi) is 7.16. The molecule has 7 nitrogen and oxygen atoms in total. The molecule has 0 aliphatic carbocycles. The number of nitrogens with zero attached hydrogens (tertiary/aromatic N) is 3. The average Bonchev–Trinajstić information content (AvgIpc) is 3.35. The molecule has 1 aromatic carbocycles. The van der Waals surface area contributed by atoms with E-state index in [0.29, 0.717) is 25.6 Å². The Labute approximate surface area is 178 Å². The van der Waals surface area contributed by atoms with Gasteiger partial charge in [-0.25, -0.2) is 4.98 Å². The number of ether oxygens (including phenoxy) is 3. The van der Waals surface area contributed by atoms with E-state index in [9.17, 15) is 0 Å². The highest BCUT2D eigenvalue weighted by atomic mass is 16.5. The van der Waals surface area contributed by atoms with Crippen LogP contribution < -0.4 is 10.1 Å². The van der Waals surface area contributed by atoms with Gasteiger partial charge in [-0.2, -0.15) is 0 Å². The summed E-state index contributed by atoms with van der Waals surface area (Å²) in [4.78, 5) is 11.1. The first kappa shape index (κ1) is 20.6. The van der Waals surface area contributed by atoms with E-state index < -0.39 is 0 Å². The lowest BCUT2D eigenvalue weighted by atomic mass is 10.1. The van der Waals surface area contributed by atoms with Crippen LogP contribution in [0.4, 0.5) is 0 Å². The molecule has 0 saturated carbocycles. The van der Waals surface area contributed by atoms with Gasteiger partial charge in [-0.3, -0.25) is 4.99 Å². The van der Waals surface area contributed by atoms with Crippen molar-refractivity contribution in [3.8, 4) is 5.88 Å². The molecule has 0 radical (unpaired) electrons. The van der Waals surface area contributed by atoms with E-state index in [-0.39, 0.29) is 12.2 Å². The van der Waals surface area contributed by atoms with Gasteiger partial charge in [0.25, 0.3) is 0 Å². The van der Waals surface area contributed by atoms with E-state index in [2.05, 4.69) is 20.2 Å². The van der Waals surface area contributed by atoms with E-state index in [1.807, 2.05) is 49.5 Å². The van der Waals surface area contributed by atoms with E-state index in [4.69, 9.17) is 14.2 Å². The van der Waals surface area contributed by atoms with Crippen LogP contribution in [0, 0.1) is 0 Å². The number of pyridine rings is 1. The molecule has 2 atom stereocenters. The van der Waals surface area contributed by atoms with Crippen LogP contribution in [-0.4, -0.2) is 61.4 Å². The number of guanidine groups is 1. The van der Waals surface area contributed by atoms with Crippen LogP contribution in [-0.2, 0) is 22.6 Å². The van der Waals surface area contributed by atoms with Crippen LogP contribution in [0.15, 0.2) is 53.7 Å². The van der Waals surface area contributed by atoms with Crippen molar-refractivity contribution in [3.05, 3.63) is 59.8 Å².